The number of methoxy groups -OCH3 is 1. The summed E-state index contributed by atoms with van der Waals surface area (Å²) in [6, 6.07) is 18.1. The second-order valence-electron chi connectivity index (χ2n) is 6.49. The van der Waals surface area contributed by atoms with Gasteiger partial charge in [-0.1, -0.05) is 42.5 Å². The summed E-state index contributed by atoms with van der Waals surface area (Å²) in [7, 11) is 1.65. The number of nitrogens with zero attached hydrogens (tertiary/aromatic N) is 2. The highest BCUT2D eigenvalue weighted by Gasteiger charge is 2.18. The number of benzene rings is 2. The Morgan fingerprint density at radius 2 is 1.85 bits per heavy atom. The Morgan fingerprint density at radius 3 is 2.62 bits per heavy atom. The van der Waals surface area contributed by atoms with Gasteiger partial charge in [-0.25, -0.2) is 4.98 Å². The lowest BCUT2D eigenvalue weighted by atomic mass is 10.1. The lowest BCUT2D eigenvalue weighted by Crippen LogP contribution is -2.85. The van der Waals surface area contributed by atoms with E-state index in [0.29, 0.717) is 18.5 Å². The molecule has 2 aromatic carbocycles. The zero-order valence-corrected chi connectivity index (χ0v) is 15.4. The molecule has 1 heterocycles. The minimum absolute atomic E-state index is 0.00552. The average Bonchev–Trinajstić information content (AvgIpc) is 2.68. The van der Waals surface area contributed by atoms with Crippen molar-refractivity contribution < 1.29 is 10.1 Å². The maximum Gasteiger partial charge on any atom is 0.261 e. The Bertz CT molecular complexity index is 906. The van der Waals surface area contributed by atoms with E-state index in [1.165, 1.54) is 5.56 Å². The van der Waals surface area contributed by atoms with Crippen LogP contribution in [0.4, 0.5) is 0 Å². The van der Waals surface area contributed by atoms with Crippen molar-refractivity contribution in [3.05, 3.63) is 76.3 Å². The molecule has 0 aliphatic heterocycles. The monoisotopic (exact) mass is 352 g/mol. The fourth-order valence-corrected chi connectivity index (χ4v) is 3.18. The molecular weight excluding hydrogens is 326 g/mol. The van der Waals surface area contributed by atoms with Crippen molar-refractivity contribution in [1.29, 1.82) is 0 Å². The third kappa shape index (κ3) is 4.18. The summed E-state index contributed by atoms with van der Waals surface area (Å²) in [5.41, 5.74) is 2.08. The smallest absolute Gasteiger partial charge is 0.261 e. The largest absolute Gasteiger partial charge is 0.383 e. The first-order valence-corrected chi connectivity index (χ1v) is 9.06. The molecule has 0 spiro atoms. The fraction of sp³-hybridized carbons (Fsp3) is 0.333. The Morgan fingerprint density at radius 1 is 1.12 bits per heavy atom. The van der Waals surface area contributed by atoms with Crippen molar-refractivity contribution in [1.82, 2.24) is 9.55 Å². The molecule has 26 heavy (non-hydrogen) atoms. The van der Waals surface area contributed by atoms with Crippen molar-refractivity contribution in [2.24, 2.45) is 0 Å². The van der Waals surface area contributed by atoms with Gasteiger partial charge in [-0.15, -0.1) is 0 Å². The van der Waals surface area contributed by atoms with Gasteiger partial charge in [-0.3, -0.25) is 9.36 Å². The molecule has 1 atom stereocenters. The van der Waals surface area contributed by atoms with Gasteiger partial charge in [-0.2, -0.15) is 0 Å². The number of rotatable bonds is 8. The molecule has 0 fully saturated rings. The maximum absolute atomic E-state index is 12.9. The summed E-state index contributed by atoms with van der Waals surface area (Å²) >= 11 is 0. The third-order valence-electron chi connectivity index (χ3n) is 4.61. The van der Waals surface area contributed by atoms with Crippen LogP contribution in [0.3, 0.4) is 0 Å². The van der Waals surface area contributed by atoms with E-state index in [-0.39, 0.29) is 11.6 Å². The third-order valence-corrected chi connectivity index (χ3v) is 4.61. The number of para-hydroxylation sites is 1. The number of ether oxygens (including phenoxy) is 1. The highest BCUT2D eigenvalue weighted by molar-refractivity contribution is 5.77. The van der Waals surface area contributed by atoms with Crippen LogP contribution in [0.1, 0.15) is 24.4 Å². The molecule has 5 heteroatoms. The van der Waals surface area contributed by atoms with Crippen LogP contribution in [-0.2, 0) is 17.7 Å². The molecule has 0 amide bonds. The van der Waals surface area contributed by atoms with Gasteiger partial charge in [0.1, 0.15) is 6.04 Å². The Labute approximate surface area is 153 Å². The van der Waals surface area contributed by atoms with E-state index in [4.69, 9.17) is 9.72 Å². The minimum atomic E-state index is 0.00552. The molecule has 136 valence electrons. The van der Waals surface area contributed by atoms with Crippen LogP contribution in [0.5, 0.6) is 0 Å². The minimum Gasteiger partial charge on any atom is -0.383 e. The van der Waals surface area contributed by atoms with Crippen LogP contribution < -0.4 is 10.9 Å². The molecule has 3 aromatic rings. The molecule has 3 rings (SSSR count). The van der Waals surface area contributed by atoms with Crippen LogP contribution in [0.2, 0.25) is 0 Å². The van der Waals surface area contributed by atoms with Gasteiger partial charge in [0, 0.05) is 13.5 Å². The summed E-state index contributed by atoms with van der Waals surface area (Å²) in [6.45, 7) is 4.05. The maximum atomic E-state index is 12.9. The van der Waals surface area contributed by atoms with E-state index < -0.39 is 0 Å². The summed E-state index contributed by atoms with van der Waals surface area (Å²) in [5, 5.41) is 2.90. The summed E-state index contributed by atoms with van der Waals surface area (Å²) in [6.07, 6.45) is 0.987. The van der Waals surface area contributed by atoms with Crippen LogP contribution in [0, 0.1) is 0 Å². The molecule has 2 N–H and O–H groups in total. The van der Waals surface area contributed by atoms with Gasteiger partial charge < -0.3 is 10.1 Å². The first-order valence-electron chi connectivity index (χ1n) is 9.06. The number of hydrogen-bond acceptors (Lipinski definition) is 3. The molecule has 0 bridgehead atoms. The molecule has 0 aliphatic rings. The molecule has 0 saturated carbocycles. The van der Waals surface area contributed by atoms with E-state index in [1.807, 2.05) is 30.3 Å². The summed E-state index contributed by atoms with van der Waals surface area (Å²) < 4.78 is 6.95. The van der Waals surface area contributed by atoms with Gasteiger partial charge in [0.15, 0.2) is 5.82 Å². The molecule has 5 nitrogen and oxygen atoms in total. The van der Waals surface area contributed by atoms with E-state index in [0.717, 1.165) is 24.3 Å². The first kappa shape index (κ1) is 18.3. The Kier molecular flexibility index (Phi) is 6.15. The molecule has 0 saturated heterocycles. The van der Waals surface area contributed by atoms with Crippen LogP contribution >= 0.6 is 0 Å². The Balaban J connectivity index is 1.83. The first-order chi connectivity index (χ1) is 12.7. The zero-order chi connectivity index (χ0) is 18.4. The summed E-state index contributed by atoms with van der Waals surface area (Å²) in [4.78, 5) is 17.7. The van der Waals surface area contributed by atoms with Crippen molar-refractivity contribution in [2.75, 3.05) is 20.3 Å². The average molecular weight is 352 g/mol. The highest BCUT2D eigenvalue weighted by Crippen LogP contribution is 2.11. The molecule has 0 aliphatic carbocycles. The number of aromatic nitrogens is 2. The quantitative estimate of drug-likeness (QED) is 0.674. The SMILES string of the molecule is COCCn1c([C@H](C)[NH2+]CCc2ccccc2)nc2ccccc2c1=O. The Hall–Kier alpha value is -2.50. The molecule has 1 aromatic heterocycles. The van der Waals surface area contributed by atoms with Crippen molar-refractivity contribution in [2.45, 2.75) is 25.9 Å². The van der Waals surface area contributed by atoms with Crippen LogP contribution in [0.25, 0.3) is 10.9 Å². The number of fused-ring (bicyclic) bond motifs is 1. The number of hydrogen-bond donors (Lipinski definition) is 1. The lowest BCUT2D eigenvalue weighted by Gasteiger charge is -2.17. The van der Waals surface area contributed by atoms with Gasteiger partial charge in [-0.05, 0) is 24.6 Å². The highest BCUT2D eigenvalue weighted by atomic mass is 16.5. The fourth-order valence-electron chi connectivity index (χ4n) is 3.18. The summed E-state index contributed by atoms with van der Waals surface area (Å²) in [5.74, 6) is 0.804. The standard InChI is InChI=1S/C21H25N3O2/c1-16(22-13-12-17-8-4-3-5-9-17)20-23-19-11-7-6-10-18(19)21(25)24(20)14-15-26-2/h3-11,16,22H,12-15H2,1-2H3/p+1/t16-/m0/s1. The van der Waals surface area contributed by atoms with Crippen molar-refractivity contribution in [3.63, 3.8) is 0 Å². The normalized spacial score (nSPS) is 12.4. The predicted octanol–water partition coefficient (Wildman–Crippen LogP) is 1.91. The topological polar surface area (TPSA) is 60.7 Å². The van der Waals surface area contributed by atoms with Gasteiger partial charge >= 0.3 is 0 Å². The van der Waals surface area contributed by atoms with E-state index in [2.05, 4.69) is 36.5 Å². The van der Waals surface area contributed by atoms with E-state index in [1.54, 1.807) is 11.7 Å². The van der Waals surface area contributed by atoms with E-state index in [9.17, 15) is 4.79 Å². The van der Waals surface area contributed by atoms with Gasteiger partial charge in [0.2, 0.25) is 0 Å². The second kappa shape index (κ2) is 8.74. The van der Waals surface area contributed by atoms with Gasteiger partial charge in [0.05, 0.1) is 30.6 Å². The molecule has 0 unspecified atom stereocenters. The molecular formula is C21H26N3O2+. The second-order valence-corrected chi connectivity index (χ2v) is 6.49. The van der Waals surface area contributed by atoms with Gasteiger partial charge in [0.25, 0.3) is 5.56 Å². The van der Waals surface area contributed by atoms with Crippen molar-refractivity contribution in [3.8, 4) is 0 Å². The predicted molar refractivity (Wildman–Crippen MR) is 103 cm³/mol. The molecule has 0 radical (unpaired) electrons. The lowest BCUT2D eigenvalue weighted by molar-refractivity contribution is -0.693. The van der Waals surface area contributed by atoms with Crippen LogP contribution in [0.15, 0.2) is 59.4 Å². The zero-order valence-electron chi connectivity index (χ0n) is 15.4. The van der Waals surface area contributed by atoms with E-state index >= 15 is 0 Å². The van der Waals surface area contributed by atoms with Crippen molar-refractivity contribution >= 4 is 10.9 Å². The van der Waals surface area contributed by atoms with Crippen LogP contribution in [-0.4, -0.2) is 29.8 Å². The number of nitrogens with two attached hydrogens (primary N) is 1. The number of quaternary nitrogens is 1.